The van der Waals surface area contributed by atoms with Crippen LogP contribution in [0.15, 0.2) is 41.0 Å². The molecule has 1 aromatic carbocycles. The second-order valence-corrected chi connectivity index (χ2v) is 7.63. The third-order valence-corrected chi connectivity index (χ3v) is 5.68. The molecule has 0 spiro atoms. The molecule has 0 radical (unpaired) electrons. The van der Waals surface area contributed by atoms with E-state index >= 15 is 0 Å². The minimum atomic E-state index is 0.460. The maximum absolute atomic E-state index is 6.06. The van der Waals surface area contributed by atoms with Crippen molar-refractivity contribution in [2.45, 2.75) is 44.6 Å². The Morgan fingerprint density at radius 3 is 2.79 bits per heavy atom. The number of nitrogens with zero attached hydrogens (tertiary/aromatic N) is 2. The van der Waals surface area contributed by atoms with Gasteiger partial charge >= 0.3 is 0 Å². The molecule has 1 atom stereocenters. The average molecular weight is 387 g/mol. The van der Waals surface area contributed by atoms with Gasteiger partial charge in [0.2, 0.25) is 0 Å². The van der Waals surface area contributed by atoms with Crippen LogP contribution in [0.3, 0.4) is 0 Å². The molecule has 2 aromatic rings. The fourth-order valence-corrected chi connectivity index (χ4v) is 4.19. The predicted molar refractivity (Wildman–Crippen MR) is 101 cm³/mol. The van der Waals surface area contributed by atoms with E-state index in [1.54, 1.807) is 0 Å². The molecule has 2 aliphatic rings. The molecule has 0 N–H and O–H groups in total. The van der Waals surface area contributed by atoms with Crippen LogP contribution in [-0.4, -0.2) is 24.2 Å². The van der Waals surface area contributed by atoms with Crippen molar-refractivity contribution < 1.29 is 4.74 Å². The normalized spacial score (nSPS) is 20.0. The standard InChI is InChI=1S/C20H23BrN2O/c21-15-7-9-17(10-8-15)24-14-16-4-3-13-23(16)20-11-12-22-19-6-2-1-5-18(19)20/h7-12,16H,1-6,13-14H2/t16-/m0/s1. The largest absolute Gasteiger partial charge is 0.491 e. The molecule has 1 saturated heterocycles. The molecule has 1 aliphatic heterocycles. The van der Waals surface area contributed by atoms with Gasteiger partial charge in [-0.05, 0) is 74.4 Å². The number of aromatic nitrogens is 1. The highest BCUT2D eigenvalue weighted by atomic mass is 79.9. The highest BCUT2D eigenvalue weighted by Gasteiger charge is 2.28. The molecule has 4 heteroatoms. The quantitative estimate of drug-likeness (QED) is 0.756. The molecular weight excluding hydrogens is 364 g/mol. The van der Waals surface area contributed by atoms with Crippen molar-refractivity contribution in [3.05, 3.63) is 52.3 Å². The van der Waals surface area contributed by atoms with Crippen LogP contribution in [0.2, 0.25) is 0 Å². The van der Waals surface area contributed by atoms with Crippen LogP contribution < -0.4 is 9.64 Å². The number of ether oxygens (including phenoxy) is 1. The zero-order valence-corrected chi connectivity index (χ0v) is 15.5. The molecule has 1 aliphatic carbocycles. The van der Waals surface area contributed by atoms with Gasteiger partial charge < -0.3 is 9.64 Å². The first-order valence-electron chi connectivity index (χ1n) is 8.93. The third-order valence-electron chi connectivity index (χ3n) is 5.15. The number of benzene rings is 1. The summed E-state index contributed by atoms with van der Waals surface area (Å²) in [6, 6.07) is 10.8. The fraction of sp³-hybridized carbons (Fsp3) is 0.450. The highest BCUT2D eigenvalue weighted by Crippen LogP contribution is 2.33. The van der Waals surface area contributed by atoms with Crippen LogP contribution in [0.25, 0.3) is 0 Å². The van der Waals surface area contributed by atoms with Crippen molar-refractivity contribution in [3.63, 3.8) is 0 Å². The Balaban J connectivity index is 1.50. The Hall–Kier alpha value is -1.55. The smallest absolute Gasteiger partial charge is 0.119 e. The second kappa shape index (κ2) is 7.14. The van der Waals surface area contributed by atoms with Gasteiger partial charge in [-0.2, -0.15) is 0 Å². The summed E-state index contributed by atoms with van der Waals surface area (Å²) in [5, 5.41) is 0. The lowest BCUT2D eigenvalue weighted by molar-refractivity contribution is 0.288. The molecule has 1 aromatic heterocycles. The van der Waals surface area contributed by atoms with E-state index < -0.39 is 0 Å². The van der Waals surface area contributed by atoms with E-state index in [9.17, 15) is 0 Å². The van der Waals surface area contributed by atoms with Crippen LogP contribution in [0.5, 0.6) is 5.75 Å². The molecule has 4 rings (SSSR count). The topological polar surface area (TPSA) is 25.4 Å². The fourth-order valence-electron chi connectivity index (χ4n) is 3.92. The Labute approximate surface area is 152 Å². The lowest BCUT2D eigenvalue weighted by atomic mass is 9.94. The first kappa shape index (κ1) is 15.9. The number of aryl methyl sites for hydroxylation is 1. The van der Waals surface area contributed by atoms with Crippen LogP contribution in [0, 0.1) is 0 Å². The molecule has 0 amide bonds. The summed E-state index contributed by atoms with van der Waals surface area (Å²) >= 11 is 3.47. The number of anilines is 1. The van der Waals surface area contributed by atoms with Crippen molar-refractivity contribution >= 4 is 21.6 Å². The van der Waals surface area contributed by atoms with Gasteiger partial charge in [0, 0.05) is 28.6 Å². The summed E-state index contributed by atoms with van der Waals surface area (Å²) < 4.78 is 7.15. The Bertz CT molecular complexity index is 701. The molecule has 0 unspecified atom stereocenters. The lowest BCUT2D eigenvalue weighted by Gasteiger charge is -2.30. The second-order valence-electron chi connectivity index (χ2n) is 6.72. The van der Waals surface area contributed by atoms with Crippen molar-refractivity contribution in [1.82, 2.24) is 4.98 Å². The summed E-state index contributed by atoms with van der Waals surface area (Å²) in [7, 11) is 0. The third kappa shape index (κ3) is 3.30. The molecule has 3 nitrogen and oxygen atoms in total. The van der Waals surface area contributed by atoms with Crippen molar-refractivity contribution in [3.8, 4) is 5.75 Å². The van der Waals surface area contributed by atoms with Crippen LogP contribution in [0.1, 0.15) is 36.9 Å². The molecule has 126 valence electrons. The molecule has 24 heavy (non-hydrogen) atoms. The van der Waals surface area contributed by atoms with Crippen LogP contribution >= 0.6 is 15.9 Å². The van der Waals surface area contributed by atoms with Gasteiger partial charge in [-0.1, -0.05) is 15.9 Å². The molecule has 0 saturated carbocycles. The van der Waals surface area contributed by atoms with Crippen molar-refractivity contribution in [1.29, 1.82) is 0 Å². The number of hydrogen-bond donors (Lipinski definition) is 0. The maximum Gasteiger partial charge on any atom is 0.119 e. The van der Waals surface area contributed by atoms with E-state index in [-0.39, 0.29) is 0 Å². The minimum absolute atomic E-state index is 0.460. The molecule has 2 heterocycles. The number of halogens is 1. The minimum Gasteiger partial charge on any atom is -0.491 e. The molecule has 0 bridgehead atoms. The van der Waals surface area contributed by atoms with Gasteiger partial charge in [0.15, 0.2) is 0 Å². The Morgan fingerprint density at radius 1 is 1.08 bits per heavy atom. The zero-order chi connectivity index (χ0) is 16.4. The number of rotatable bonds is 4. The number of pyridine rings is 1. The van der Waals surface area contributed by atoms with Gasteiger partial charge in [0.25, 0.3) is 0 Å². The molecule has 1 fully saturated rings. The van der Waals surface area contributed by atoms with E-state index in [2.05, 4.69) is 31.9 Å². The van der Waals surface area contributed by atoms with Gasteiger partial charge in [-0.3, -0.25) is 4.98 Å². The summed E-state index contributed by atoms with van der Waals surface area (Å²) in [5.74, 6) is 0.946. The number of hydrogen-bond acceptors (Lipinski definition) is 3. The van der Waals surface area contributed by atoms with E-state index in [1.165, 1.54) is 49.0 Å². The van der Waals surface area contributed by atoms with E-state index in [0.717, 1.165) is 29.8 Å². The summed E-state index contributed by atoms with van der Waals surface area (Å²) in [6.45, 7) is 1.88. The maximum atomic E-state index is 6.06. The summed E-state index contributed by atoms with van der Waals surface area (Å²) in [4.78, 5) is 7.18. The monoisotopic (exact) mass is 386 g/mol. The van der Waals surface area contributed by atoms with Crippen LogP contribution in [0.4, 0.5) is 5.69 Å². The summed E-state index contributed by atoms with van der Waals surface area (Å²) in [5.41, 5.74) is 4.21. The van der Waals surface area contributed by atoms with Gasteiger partial charge in [0.1, 0.15) is 12.4 Å². The first-order chi connectivity index (χ1) is 11.8. The average Bonchev–Trinajstić information content (AvgIpc) is 3.09. The first-order valence-corrected chi connectivity index (χ1v) is 9.72. The van der Waals surface area contributed by atoms with Crippen molar-refractivity contribution in [2.24, 2.45) is 0 Å². The number of fused-ring (bicyclic) bond motifs is 1. The Kier molecular flexibility index (Phi) is 4.74. The SMILES string of the molecule is Brc1ccc(OC[C@@H]2CCCN2c2ccnc3c2CCCC3)cc1. The van der Waals surface area contributed by atoms with Crippen molar-refractivity contribution in [2.75, 3.05) is 18.1 Å². The highest BCUT2D eigenvalue weighted by molar-refractivity contribution is 9.10. The predicted octanol–water partition coefficient (Wildman–Crippen LogP) is 4.77. The Morgan fingerprint density at radius 2 is 1.92 bits per heavy atom. The van der Waals surface area contributed by atoms with E-state index in [4.69, 9.17) is 4.74 Å². The molecular formula is C20H23BrN2O. The van der Waals surface area contributed by atoms with Crippen LogP contribution in [-0.2, 0) is 12.8 Å². The lowest BCUT2D eigenvalue weighted by Crippen LogP contribution is -2.35. The zero-order valence-electron chi connectivity index (χ0n) is 13.9. The summed E-state index contributed by atoms with van der Waals surface area (Å²) in [6.07, 6.45) is 9.31. The van der Waals surface area contributed by atoms with Gasteiger partial charge in [-0.25, -0.2) is 0 Å². The van der Waals surface area contributed by atoms with Gasteiger partial charge in [-0.15, -0.1) is 0 Å². The van der Waals surface area contributed by atoms with E-state index in [0.29, 0.717) is 6.04 Å². The van der Waals surface area contributed by atoms with E-state index in [1.807, 2.05) is 30.5 Å². The van der Waals surface area contributed by atoms with Gasteiger partial charge in [0.05, 0.1) is 6.04 Å².